The van der Waals surface area contributed by atoms with Gasteiger partial charge in [0.1, 0.15) is 5.75 Å². The third-order valence-electron chi connectivity index (χ3n) is 3.35. The van der Waals surface area contributed by atoms with Gasteiger partial charge in [0.05, 0.1) is 12.8 Å². The standard InChI is InChI=1S/C13H20N2O/c1-15-7-3-4-11(9-15)10-5-6-12(14)13(8-10)16-2/h5-6,8,11H,3-4,7,9,14H2,1-2H3/t11-/m1/s1. The molecule has 0 saturated carbocycles. The molecule has 1 saturated heterocycles. The number of likely N-dealkylation sites (N-methyl/N-ethyl adjacent to an activating group) is 1. The summed E-state index contributed by atoms with van der Waals surface area (Å²) in [5.74, 6) is 1.42. The Morgan fingerprint density at radius 2 is 2.25 bits per heavy atom. The van der Waals surface area contributed by atoms with Gasteiger partial charge in [-0.3, -0.25) is 0 Å². The molecule has 0 aliphatic carbocycles. The summed E-state index contributed by atoms with van der Waals surface area (Å²) in [6.45, 7) is 2.34. The van der Waals surface area contributed by atoms with Crippen LogP contribution in [-0.4, -0.2) is 32.1 Å². The van der Waals surface area contributed by atoms with Gasteiger partial charge in [-0.15, -0.1) is 0 Å². The summed E-state index contributed by atoms with van der Waals surface area (Å²) in [4.78, 5) is 2.39. The van der Waals surface area contributed by atoms with Crippen LogP contribution in [0, 0.1) is 0 Å². The number of rotatable bonds is 2. The average molecular weight is 220 g/mol. The fourth-order valence-corrected chi connectivity index (χ4v) is 2.42. The second-order valence-corrected chi connectivity index (χ2v) is 4.60. The molecule has 2 rings (SSSR count). The predicted octanol–water partition coefficient (Wildman–Crippen LogP) is 2.09. The number of hydrogen-bond donors (Lipinski definition) is 1. The van der Waals surface area contributed by atoms with Crippen LogP contribution < -0.4 is 10.5 Å². The Bertz CT molecular complexity index is 365. The normalized spacial score (nSPS) is 22.0. The summed E-state index contributed by atoms with van der Waals surface area (Å²) in [7, 11) is 3.85. The highest BCUT2D eigenvalue weighted by Crippen LogP contribution is 2.31. The second kappa shape index (κ2) is 4.74. The molecular weight excluding hydrogens is 200 g/mol. The summed E-state index contributed by atoms with van der Waals surface area (Å²) in [6.07, 6.45) is 2.53. The van der Waals surface area contributed by atoms with Gasteiger partial charge in [0, 0.05) is 6.54 Å². The van der Waals surface area contributed by atoms with E-state index in [2.05, 4.69) is 24.1 Å². The monoisotopic (exact) mass is 220 g/mol. The van der Waals surface area contributed by atoms with Crippen molar-refractivity contribution in [3.05, 3.63) is 23.8 Å². The van der Waals surface area contributed by atoms with Crippen molar-refractivity contribution in [2.75, 3.05) is 33.0 Å². The quantitative estimate of drug-likeness (QED) is 0.776. The van der Waals surface area contributed by atoms with Crippen LogP contribution in [0.25, 0.3) is 0 Å². The van der Waals surface area contributed by atoms with Crippen molar-refractivity contribution in [2.45, 2.75) is 18.8 Å². The Morgan fingerprint density at radius 1 is 1.44 bits per heavy atom. The molecule has 2 N–H and O–H groups in total. The minimum atomic E-state index is 0.619. The number of likely N-dealkylation sites (tertiary alicyclic amines) is 1. The molecule has 0 radical (unpaired) electrons. The van der Waals surface area contributed by atoms with Crippen LogP contribution in [0.15, 0.2) is 18.2 Å². The fourth-order valence-electron chi connectivity index (χ4n) is 2.42. The van der Waals surface area contributed by atoms with E-state index in [-0.39, 0.29) is 0 Å². The largest absolute Gasteiger partial charge is 0.495 e. The fraction of sp³-hybridized carbons (Fsp3) is 0.538. The van der Waals surface area contributed by atoms with Crippen molar-refractivity contribution in [1.29, 1.82) is 0 Å². The molecule has 1 aliphatic heterocycles. The van der Waals surface area contributed by atoms with Gasteiger partial charge in [-0.1, -0.05) is 6.07 Å². The first-order valence-corrected chi connectivity index (χ1v) is 5.82. The van der Waals surface area contributed by atoms with Crippen LogP contribution in [0.2, 0.25) is 0 Å². The SMILES string of the molecule is COc1cc([C@@H]2CCCN(C)C2)ccc1N. The van der Waals surface area contributed by atoms with Crippen molar-refractivity contribution in [2.24, 2.45) is 0 Å². The van der Waals surface area contributed by atoms with E-state index in [1.54, 1.807) is 7.11 Å². The molecule has 0 spiro atoms. The highest BCUT2D eigenvalue weighted by molar-refractivity contribution is 5.54. The van der Waals surface area contributed by atoms with Crippen molar-refractivity contribution in [1.82, 2.24) is 4.90 Å². The number of anilines is 1. The van der Waals surface area contributed by atoms with Crippen LogP contribution in [0.5, 0.6) is 5.75 Å². The Kier molecular flexibility index (Phi) is 3.34. The van der Waals surface area contributed by atoms with E-state index in [9.17, 15) is 0 Å². The summed E-state index contributed by atoms with van der Waals surface area (Å²) in [5, 5.41) is 0. The molecule has 1 heterocycles. The zero-order valence-corrected chi connectivity index (χ0v) is 10.1. The van der Waals surface area contributed by atoms with E-state index < -0.39 is 0 Å². The van der Waals surface area contributed by atoms with Crippen molar-refractivity contribution < 1.29 is 4.74 Å². The van der Waals surface area contributed by atoms with Gasteiger partial charge in [-0.25, -0.2) is 0 Å². The number of benzene rings is 1. The highest BCUT2D eigenvalue weighted by Gasteiger charge is 2.19. The maximum absolute atomic E-state index is 5.82. The van der Waals surface area contributed by atoms with E-state index in [0.29, 0.717) is 5.92 Å². The zero-order valence-electron chi connectivity index (χ0n) is 10.1. The average Bonchev–Trinajstić information content (AvgIpc) is 2.29. The van der Waals surface area contributed by atoms with Crippen LogP contribution in [-0.2, 0) is 0 Å². The summed E-state index contributed by atoms with van der Waals surface area (Å²) in [6, 6.07) is 6.16. The first kappa shape index (κ1) is 11.3. The molecule has 0 bridgehead atoms. The Morgan fingerprint density at radius 3 is 2.94 bits per heavy atom. The summed E-state index contributed by atoms with van der Waals surface area (Å²) in [5.41, 5.74) is 7.88. The minimum Gasteiger partial charge on any atom is -0.495 e. The predicted molar refractivity (Wildman–Crippen MR) is 66.9 cm³/mol. The molecule has 1 aromatic rings. The number of methoxy groups -OCH3 is 1. The number of hydrogen-bond acceptors (Lipinski definition) is 3. The molecule has 1 fully saturated rings. The van der Waals surface area contributed by atoms with Gasteiger partial charge in [-0.05, 0) is 50.0 Å². The van der Waals surface area contributed by atoms with Gasteiger partial charge >= 0.3 is 0 Å². The van der Waals surface area contributed by atoms with E-state index in [1.165, 1.54) is 24.9 Å². The minimum absolute atomic E-state index is 0.619. The number of nitrogens with zero attached hydrogens (tertiary/aromatic N) is 1. The van der Waals surface area contributed by atoms with Crippen LogP contribution in [0.3, 0.4) is 0 Å². The molecule has 3 nitrogen and oxygen atoms in total. The maximum atomic E-state index is 5.82. The first-order chi connectivity index (χ1) is 7.70. The van der Waals surface area contributed by atoms with E-state index in [4.69, 9.17) is 10.5 Å². The zero-order chi connectivity index (χ0) is 11.5. The number of ether oxygens (including phenoxy) is 1. The third kappa shape index (κ3) is 2.30. The van der Waals surface area contributed by atoms with Gasteiger partial charge in [0.25, 0.3) is 0 Å². The molecule has 1 aromatic carbocycles. The number of nitrogen functional groups attached to an aromatic ring is 1. The Balaban J connectivity index is 2.19. The first-order valence-electron chi connectivity index (χ1n) is 5.82. The van der Waals surface area contributed by atoms with Crippen molar-refractivity contribution >= 4 is 5.69 Å². The lowest BCUT2D eigenvalue weighted by molar-refractivity contribution is 0.250. The number of nitrogens with two attached hydrogens (primary N) is 1. The van der Waals surface area contributed by atoms with E-state index in [1.807, 2.05) is 6.07 Å². The van der Waals surface area contributed by atoms with Gasteiger partial charge in [0.15, 0.2) is 0 Å². The van der Waals surface area contributed by atoms with E-state index >= 15 is 0 Å². The molecule has 3 heteroatoms. The van der Waals surface area contributed by atoms with Crippen LogP contribution in [0.4, 0.5) is 5.69 Å². The molecule has 88 valence electrons. The van der Waals surface area contributed by atoms with Gasteiger partial charge in [-0.2, -0.15) is 0 Å². The Labute approximate surface area is 97.2 Å². The molecule has 0 unspecified atom stereocenters. The maximum Gasteiger partial charge on any atom is 0.142 e. The lowest BCUT2D eigenvalue weighted by Crippen LogP contribution is -2.30. The number of piperidine rings is 1. The lowest BCUT2D eigenvalue weighted by atomic mass is 9.90. The summed E-state index contributed by atoms with van der Waals surface area (Å²) < 4.78 is 5.26. The molecule has 0 amide bonds. The lowest BCUT2D eigenvalue weighted by Gasteiger charge is -2.30. The molecule has 0 aromatic heterocycles. The van der Waals surface area contributed by atoms with Crippen LogP contribution in [0.1, 0.15) is 24.3 Å². The summed E-state index contributed by atoms with van der Waals surface area (Å²) >= 11 is 0. The van der Waals surface area contributed by atoms with E-state index in [0.717, 1.165) is 18.0 Å². The van der Waals surface area contributed by atoms with Crippen molar-refractivity contribution in [3.63, 3.8) is 0 Å². The molecule has 16 heavy (non-hydrogen) atoms. The highest BCUT2D eigenvalue weighted by atomic mass is 16.5. The van der Waals surface area contributed by atoms with Gasteiger partial charge < -0.3 is 15.4 Å². The third-order valence-corrected chi connectivity index (χ3v) is 3.35. The van der Waals surface area contributed by atoms with Crippen LogP contribution >= 0.6 is 0 Å². The molecule has 1 aliphatic rings. The van der Waals surface area contributed by atoms with Crippen molar-refractivity contribution in [3.8, 4) is 5.75 Å². The smallest absolute Gasteiger partial charge is 0.142 e. The molecule has 1 atom stereocenters. The topological polar surface area (TPSA) is 38.5 Å². The molecular formula is C13H20N2O. The second-order valence-electron chi connectivity index (χ2n) is 4.60. The Hall–Kier alpha value is -1.22. The van der Waals surface area contributed by atoms with Gasteiger partial charge in [0.2, 0.25) is 0 Å².